The molecule has 0 bridgehead atoms. The lowest BCUT2D eigenvalue weighted by molar-refractivity contribution is -0.117. The number of hydrogen-bond acceptors (Lipinski definition) is 6. The molecule has 1 saturated heterocycles. The van der Waals surface area contributed by atoms with E-state index in [9.17, 15) is 9.59 Å². The first-order valence-electron chi connectivity index (χ1n) is 8.80. The average Bonchev–Trinajstić information content (AvgIpc) is 3.22. The highest BCUT2D eigenvalue weighted by molar-refractivity contribution is 7.12. The molecule has 0 spiro atoms. The Morgan fingerprint density at radius 3 is 2.78 bits per heavy atom. The predicted octanol–water partition coefficient (Wildman–Crippen LogP) is 1.93. The second-order valence-electron chi connectivity index (χ2n) is 6.82. The summed E-state index contributed by atoms with van der Waals surface area (Å²) >= 11 is 1.31. The van der Waals surface area contributed by atoms with Crippen molar-refractivity contribution in [2.45, 2.75) is 18.9 Å². The highest BCUT2D eigenvalue weighted by Gasteiger charge is 2.30. The molecule has 5 rings (SSSR count). The van der Waals surface area contributed by atoms with Crippen molar-refractivity contribution in [1.82, 2.24) is 19.7 Å². The summed E-state index contributed by atoms with van der Waals surface area (Å²) in [5.74, 6) is 0.542. The van der Waals surface area contributed by atoms with Crippen LogP contribution in [-0.2, 0) is 9.53 Å². The van der Waals surface area contributed by atoms with E-state index in [-0.39, 0.29) is 23.8 Å². The van der Waals surface area contributed by atoms with Crippen LogP contribution in [0.25, 0.3) is 16.9 Å². The molecule has 0 atom stereocenters. The van der Waals surface area contributed by atoms with Crippen LogP contribution in [0.4, 0.5) is 5.82 Å². The van der Waals surface area contributed by atoms with Gasteiger partial charge >= 0.3 is 0 Å². The molecule has 3 aromatic rings. The maximum atomic E-state index is 12.2. The van der Waals surface area contributed by atoms with Gasteiger partial charge in [0.05, 0.1) is 31.1 Å². The predicted molar refractivity (Wildman–Crippen MR) is 99.7 cm³/mol. The van der Waals surface area contributed by atoms with Crippen molar-refractivity contribution in [3.8, 4) is 11.3 Å². The van der Waals surface area contributed by atoms with Gasteiger partial charge in [0.25, 0.3) is 5.91 Å². The molecule has 9 heteroatoms. The van der Waals surface area contributed by atoms with Crippen LogP contribution < -0.4 is 10.6 Å². The summed E-state index contributed by atoms with van der Waals surface area (Å²) in [5.41, 5.74) is 2.35. The largest absolute Gasteiger partial charge is 0.377 e. The number of amides is 2. The van der Waals surface area contributed by atoms with Gasteiger partial charge in [-0.2, -0.15) is 0 Å². The summed E-state index contributed by atoms with van der Waals surface area (Å²) in [6.45, 7) is 1.11. The molecule has 8 nitrogen and oxygen atoms in total. The van der Waals surface area contributed by atoms with Crippen molar-refractivity contribution in [1.29, 1.82) is 0 Å². The summed E-state index contributed by atoms with van der Waals surface area (Å²) in [5, 5.41) is 8.04. The summed E-state index contributed by atoms with van der Waals surface area (Å²) in [6.07, 6.45) is 5.59. The van der Waals surface area contributed by atoms with Crippen LogP contribution in [-0.4, -0.2) is 45.4 Å². The van der Waals surface area contributed by atoms with E-state index in [1.807, 2.05) is 28.1 Å². The van der Waals surface area contributed by atoms with Crippen molar-refractivity contribution in [2.24, 2.45) is 5.92 Å². The van der Waals surface area contributed by atoms with Crippen LogP contribution >= 0.6 is 11.3 Å². The topological polar surface area (TPSA) is 97.6 Å². The zero-order valence-electron chi connectivity index (χ0n) is 14.3. The number of rotatable bonds is 5. The van der Waals surface area contributed by atoms with E-state index in [2.05, 4.69) is 20.6 Å². The highest BCUT2D eigenvalue weighted by Crippen LogP contribution is 2.30. The molecule has 0 unspecified atom stereocenters. The number of fused-ring (bicyclic) bond motifs is 1. The first-order chi connectivity index (χ1) is 13.2. The minimum absolute atomic E-state index is 0.0330. The molecule has 2 amide bonds. The second-order valence-corrected chi connectivity index (χ2v) is 7.68. The van der Waals surface area contributed by atoms with Gasteiger partial charge in [0.15, 0.2) is 10.8 Å². The van der Waals surface area contributed by atoms with E-state index < -0.39 is 0 Å². The molecule has 0 radical (unpaired) electrons. The van der Waals surface area contributed by atoms with E-state index in [1.54, 1.807) is 6.20 Å². The number of anilines is 1. The third-order valence-electron chi connectivity index (χ3n) is 4.62. The molecule has 2 aliphatic rings. The van der Waals surface area contributed by atoms with Gasteiger partial charge in [-0.15, -0.1) is 11.3 Å². The van der Waals surface area contributed by atoms with Crippen LogP contribution in [0.3, 0.4) is 0 Å². The van der Waals surface area contributed by atoms with E-state index in [0.717, 1.165) is 29.7 Å². The Morgan fingerprint density at radius 2 is 2.04 bits per heavy atom. The van der Waals surface area contributed by atoms with Gasteiger partial charge in [-0.3, -0.25) is 9.59 Å². The van der Waals surface area contributed by atoms with Crippen LogP contribution in [0.1, 0.15) is 22.6 Å². The number of aromatic nitrogens is 3. The minimum Gasteiger partial charge on any atom is -0.377 e. The van der Waals surface area contributed by atoms with E-state index in [4.69, 9.17) is 4.74 Å². The van der Waals surface area contributed by atoms with Crippen molar-refractivity contribution in [3.63, 3.8) is 0 Å². The molecule has 2 N–H and O–H groups in total. The maximum absolute atomic E-state index is 12.2. The lowest BCUT2D eigenvalue weighted by Gasteiger charge is -2.26. The fourth-order valence-corrected chi connectivity index (χ4v) is 3.58. The first kappa shape index (κ1) is 16.4. The van der Waals surface area contributed by atoms with Gasteiger partial charge in [0, 0.05) is 23.1 Å². The van der Waals surface area contributed by atoms with Gasteiger partial charge < -0.3 is 19.8 Å². The molecular weight excluding hydrogens is 366 g/mol. The number of nitrogens with zero attached hydrogens (tertiary/aromatic N) is 3. The van der Waals surface area contributed by atoms with Crippen molar-refractivity contribution >= 4 is 34.6 Å². The van der Waals surface area contributed by atoms with Crippen molar-refractivity contribution in [3.05, 3.63) is 34.9 Å². The smallest absolute Gasteiger partial charge is 0.280 e. The fourth-order valence-electron chi connectivity index (χ4n) is 2.85. The summed E-state index contributed by atoms with van der Waals surface area (Å²) in [4.78, 5) is 33.0. The fraction of sp³-hybridized carbons (Fsp3) is 0.333. The highest BCUT2D eigenvalue weighted by atomic mass is 32.1. The molecule has 2 fully saturated rings. The van der Waals surface area contributed by atoms with Gasteiger partial charge in [0.1, 0.15) is 5.65 Å². The SMILES string of the molecule is O=C(NC1COC1)c1nc(-c2ccc3nc(NC(=O)C4CC4)cn3c2)cs1. The summed E-state index contributed by atoms with van der Waals surface area (Å²) in [7, 11) is 0. The third kappa shape index (κ3) is 3.31. The van der Waals surface area contributed by atoms with Crippen molar-refractivity contribution < 1.29 is 14.3 Å². The number of carbonyl (C=O) groups is 2. The number of hydrogen-bond donors (Lipinski definition) is 2. The number of nitrogens with one attached hydrogen (secondary N) is 2. The molecular formula is C18H17N5O3S. The number of ether oxygens (including phenoxy) is 1. The van der Waals surface area contributed by atoms with Gasteiger partial charge in [0.2, 0.25) is 5.91 Å². The lowest BCUT2D eigenvalue weighted by atomic mass is 10.2. The Hall–Kier alpha value is -2.78. The van der Waals surface area contributed by atoms with Crippen LogP contribution in [0.5, 0.6) is 0 Å². The van der Waals surface area contributed by atoms with Gasteiger partial charge in [-0.05, 0) is 25.0 Å². The molecule has 1 aliphatic carbocycles. The molecule has 0 aromatic carbocycles. The first-order valence-corrected chi connectivity index (χ1v) is 9.68. The maximum Gasteiger partial charge on any atom is 0.280 e. The van der Waals surface area contributed by atoms with Gasteiger partial charge in [-0.25, -0.2) is 9.97 Å². The number of thiazole rings is 1. The Bertz CT molecular complexity index is 1030. The Balaban J connectivity index is 1.35. The Labute approximate surface area is 158 Å². The molecule has 138 valence electrons. The molecule has 4 heterocycles. The second kappa shape index (κ2) is 6.43. The zero-order chi connectivity index (χ0) is 18.4. The van der Waals surface area contributed by atoms with E-state index in [0.29, 0.717) is 24.0 Å². The van der Waals surface area contributed by atoms with Gasteiger partial charge in [-0.1, -0.05) is 0 Å². The normalized spacial score (nSPS) is 16.9. The quantitative estimate of drug-likeness (QED) is 0.702. The van der Waals surface area contributed by atoms with Crippen LogP contribution in [0, 0.1) is 5.92 Å². The van der Waals surface area contributed by atoms with Crippen LogP contribution in [0.15, 0.2) is 29.9 Å². The number of pyridine rings is 1. The van der Waals surface area contributed by atoms with E-state index >= 15 is 0 Å². The Morgan fingerprint density at radius 1 is 1.19 bits per heavy atom. The molecule has 3 aromatic heterocycles. The standard InChI is InChI=1S/C18H17N5O3S/c24-16(10-1-2-10)22-14-6-23-5-11(3-4-15(23)21-14)13-9-27-18(20-13)17(25)19-12-7-26-8-12/h3-6,9-10,12H,1-2,7-8H2,(H,19,25)(H,22,24). The molecule has 1 saturated carbocycles. The Kier molecular flexibility index (Phi) is 3.91. The number of carbonyl (C=O) groups excluding carboxylic acids is 2. The van der Waals surface area contributed by atoms with Crippen molar-refractivity contribution in [2.75, 3.05) is 18.5 Å². The monoisotopic (exact) mass is 383 g/mol. The summed E-state index contributed by atoms with van der Waals surface area (Å²) < 4.78 is 6.91. The molecule has 27 heavy (non-hydrogen) atoms. The van der Waals surface area contributed by atoms with E-state index in [1.165, 1.54) is 11.3 Å². The minimum atomic E-state index is -0.173. The lowest BCUT2D eigenvalue weighted by Crippen LogP contribution is -2.48. The molecule has 1 aliphatic heterocycles. The third-order valence-corrected chi connectivity index (χ3v) is 5.46. The average molecular weight is 383 g/mol. The van der Waals surface area contributed by atoms with Crippen LogP contribution in [0.2, 0.25) is 0 Å². The zero-order valence-corrected chi connectivity index (χ0v) is 15.2. The summed E-state index contributed by atoms with van der Waals surface area (Å²) in [6, 6.07) is 3.86. The number of imidazole rings is 1.